The third-order valence-electron chi connectivity index (χ3n) is 4.82. The highest BCUT2D eigenvalue weighted by Crippen LogP contribution is 2.14. The zero-order valence-electron chi connectivity index (χ0n) is 17.1. The highest BCUT2D eigenvalue weighted by molar-refractivity contribution is 5.69. The summed E-state index contributed by atoms with van der Waals surface area (Å²) in [6.07, 6.45) is 19.0. The Labute approximate surface area is 156 Å². The summed E-state index contributed by atoms with van der Waals surface area (Å²) in [5, 5.41) is 10.0. The molecule has 0 rings (SSSR count). The molecule has 1 N–H and O–H groups in total. The minimum absolute atomic E-state index is 0.0430. The Morgan fingerprint density at radius 1 is 0.720 bits per heavy atom. The lowest BCUT2D eigenvalue weighted by Gasteiger charge is -2.10. The Balaban J connectivity index is 3.24. The molecule has 0 aliphatic rings. The largest absolute Gasteiger partial charge is 0.466 e. The standard InChI is InChI=1S/C22H44O3/c1-3-5-7-8-9-11-14-17-21(23)18-15-12-10-13-16-19-22(24)25-20-6-4-2/h21,23H,3-20H2,1-2H3. The second-order valence-corrected chi connectivity index (χ2v) is 7.44. The summed E-state index contributed by atoms with van der Waals surface area (Å²) in [7, 11) is 0. The van der Waals surface area contributed by atoms with E-state index in [0.717, 1.165) is 51.4 Å². The molecule has 0 amide bonds. The second-order valence-electron chi connectivity index (χ2n) is 7.44. The molecule has 0 saturated heterocycles. The number of aliphatic hydroxyl groups is 1. The lowest BCUT2D eigenvalue weighted by atomic mass is 10.0. The summed E-state index contributed by atoms with van der Waals surface area (Å²) in [6, 6.07) is 0. The SMILES string of the molecule is CCCCCCCCCC(O)CCCCCCCC(=O)OCCCC. The van der Waals surface area contributed by atoms with Gasteiger partial charge in [-0.25, -0.2) is 0 Å². The van der Waals surface area contributed by atoms with Gasteiger partial charge >= 0.3 is 5.97 Å². The molecule has 150 valence electrons. The molecule has 0 radical (unpaired) electrons. The van der Waals surface area contributed by atoms with Gasteiger partial charge in [0, 0.05) is 6.42 Å². The van der Waals surface area contributed by atoms with Crippen LogP contribution in [-0.2, 0) is 9.53 Å². The van der Waals surface area contributed by atoms with Crippen LogP contribution in [0.5, 0.6) is 0 Å². The average molecular weight is 357 g/mol. The van der Waals surface area contributed by atoms with Crippen LogP contribution in [0.4, 0.5) is 0 Å². The van der Waals surface area contributed by atoms with E-state index in [4.69, 9.17) is 4.74 Å². The van der Waals surface area contributed by atoms with Crippen LogP contribution in [0.25, 0.3) is 0 Å². The van der Waals surface area contributed by atoms with Crippen LogP contribution in [0.3, 0.4) is 0 Å². The first kappa shape index (κ1) is 24.4. The number of unbranched alkanes of at least 4 members (excludes halogenated alkanes) is 11. The first-order valence-corrected chi connectivity index (χ1v) is 11.0. The van der Waals surface area contributed by atoms with Crippen molar-refractivity contribution in [1.82, 2.24) is 0 Å². The van der Waals surface area contributed by atoms with Crippen LogP contribution in [0.15, 0.2) is 0 Å². The van der Waals surface area contributed by atoms with Gasteiger partial charge in [-0.3, -0.25) is 4.79 Å². The molecule has 0 bridgehead atoms. The molecule has 0 spiro atoms. The number of rotatable bonds is 19. The predicted octanol–water partition coefficient (Wildman–Crippen LogP) is 6.56. The molecule has 3 nitrogen and oxygen atoms in total. The van der Waals surface area contributed by atoms with Crippen LogP contribution in [-0.4, -0.2) is 23.8 Å². The maximum atomic E-state index is 11.4. The van der Waals surface area contributed by atoms with Gasteiger partial charge in [-0.2, -0.15) is 0 Å². The Bertz CT molecular complexity index is 278. The Morgan fingerprint density at radius 2 is 1.20 bits per heavy atom. The summed E-state index contributed by atoms with van der Waals surface area (Å²) in [5.74, 6) is -0.0430. The van der Waals surface area contributed by atoms with Gasteiger partial charge in [0.15, 0.2) is 0 Å². The second kappa shape index (κ2) is 19.8. The van der Waals surface area contributed by atoms with Gasteiger partial charge in [-0.1, -0.05) is 90.9 Å². The van der Waals surface area contributed by atoms with Gasteiger partial charge in [-0.15, -0.1) is 0 Å². The van der Waals surface area contributed by atoms with E-state index in [1.54, 1.807) is 0 Å². The highest BCUT2D eigenvalue weighted by Gasteiger charge is 2.05. The number of aliphatic hydroxyl groups excluding tert-OH is 1. The van der Waals surface area contributed by atoms with E-state index in [1.807, 2.05) is 0 Å². The van der Waals surface area contributed by atoms with Gasteiger partial charge in [0.25, 0.3) is 0 Å². The molecule has 3 heteroatoms. The molecule has 0 aliphatic carbocycles. The Kier molecular flexibility index (Phi) is 19.3. The molecule has 0 aromatic rings. The molecular weight excluding hydrogens is 312 g/mol. The fraction of sp³-hybridized carbons (Fsp3) is 0.955. The van der Waals surface area contributed by atoms with E-state index in [1.165, 1.54) is 51.4 Å². The third kappa shape index (κ3) is 19.6. The molecule has 0 aliphatic heterocycles. The monoisotopic (exact) mass is 356 g/mol. The fourth-order valence-electron chi connectivity index (χ4n) is 3.06. The zero-order chi connectivity index (χ0) is 18.6. The molecule has 1 unspecified atom stereocenters. The number of esters is 1. The van der Waals surface area contributed by atoms with Crippen LogP contribution in [0.2, 0.25) is 0 Å². The normalized spacial score (nSPS) is 12.3. The Hall–Kier alpha value is -0.570. The summed E-state index contributed by atoms with van der Waals surface area (Å²) < 4.78 is 5.14. The van der Waals surface area contributed by atoms with Crippen molar-refractivity contribution in [3.63, 3.8) is 0 Å². The predicted molar refractivity (Wildman–Crippen MR) is 107 cm³/mol. The van der Waals surface area contributed by atoms with E-state index in [2.05, 4.69) is 13.8 Å². The van der Waals surface area contributed by atoms with Crippen molar-refractivity contribution in [1.29, 1.82) is 0 Å². The summed E-state index contributed by atoms with van der Waals surface area (Å²) in [4.78, 5) is 11.4. The zero-order valence-corrected chi connectivity index (χ0v) is 17.1. The van der Waals surface area contributed by atoms with Crippen LogP contribution < -0.4 is 0 Å². The van der Waals surface area contributed by atoms with E-state index in [9.17, 15) is 9.90 Å². The van der Waals surface area contributed by atoms with Crippen LogP contribution >= 0.6 is 0 Å². The molecule has 0 aromatic carbocycles. The molecule has 0 heterocycles. The van der Waals surface area contributed by atoms with E-state index >= 15 is 0 Å². The summed E-state index contributed by atoms with van der Waals surface area (Å²) >= 11 is 0. The highest BCUT2D eigenvalue weighted by atomic mass is 16.5. The van der Waals surface area contributed by atoms with Crippen molar-refractivity contribution < 1.29 is 14.6 Å². The van der Waals surface area contributed by atoms with E-state index < -0.39 is 0 Å². The van der Waals surface area contributed by atoms with Gasteiger partial charge in [0.05, 0.1) is 12.7 Å². The Morgan fingerprint density at radius 3 is 1.76 bits per heavy atom. The lowest BCUT2D eigenvalue weighted by Crippen LogP contribution is -2.06. The van der Waals surface area contributed by atoms with Crippen LogP contribution in [0, 0.1) is 0 Å². The van der Waals surface area contributed by atoms with Crippen molar-refractivity contribution >= 4 is 5.97 Å². The number of hydrogen-bond donors (Lipinski definition) is 1. The molecule has 0 aromatic heterocycles. The quantitative estimate of drug-likeness (QED) is 0.210. The van der Waals surface area contributed by atoms with Gasteiger partial charge in [0.1, 0.15) is 0 Å². The lowest BCUT2D eigenvalue weighted by molar-refractivity contribution is -0.143. The van der Waals surface area contributed by atoms with Crippen molar-refractivity contribution in [2.75, 3.05) is 6.61 Å². The van der Waals surface area contributed by atoms with E-state index in [-0.39, 0.29) is 12.1 Å². The first-order chi connectivity index (χ1) is 12.2. The number of carbonyl (C=O) groups excluding carboxylic acids is 1. The van der Waals surface area contributed by atoms with Crippen LogP contribution in [0.1, 0.15) is 123 Å². The van der Waals surface area contributed by atoms with Gasteiger partial charge in [-0.05, 0) is 25.7 Å². The molecular formula is C22H44O3. The molecule has 0 saturated carbocycles. The third-order valence-corrected chi connectivity index (χ3v) is 4.82. The van der Waals surface area contributed by atoms with Crippen molar-refractivity contribution in [3.05, 3.63) is 0 Å². The summed E-state index contributed by atoms with van der Waals surface area (Å²) in [5.41, 5.74) is 0. The number of carbonyl (C=O) groups is 1. The average Bonchev–Trinajstić information content (AvgIpc) is 2.60. The van der Waals surface area contributed by atoms with Gasteiger partial charge in [0.2, 0.25) is 0 Å². The smallest absolute Gasteiger partial charge is 0.305 e. The van der Waals surface area contributed by atoms with Crippen molar-refractivity contribution in [2.24, 2.45) is 0 Å². The van der Waals surface area contributed by atoms with Gasteiger partial charge < -0.3 is 9.84 Å². The maximum Gasteiger partial charge on any atom is 0.305 e. The van der Waals surface area contributed by atoms with Crippen molar-refractivity contribution in [3.8, 4) is 0 Å². The molecule has 0 fully saturated rings. The number of ether oxygens (including phenoxy) is 1. The summed E-state index contributed by atoms with van der Waals surface area (Å²) in [6.45, 7) is 4.92. The molecule has 25 heavy (non-hydrogen) atoms. The van der Waals surface area contributed by atoms with Crippen molar-refractivity contribution in [2.45, 2.75) is 129 Å². The molecule has 1 atom stereocenters. The van der Waals surface area contributed by atoms with E-state index in [0.29, 0.717) is 13.0 Å². The minimum Gasteiger partial charge on any atom is -0.466 e. The minimum atomic E-state index is -0.107. The first-order valence-electron chi connectivity index (χ1n) is 11.0. The fourth-order valence-corrected chi connectivity index (χ4v) is 3.06. The maximum absolute atomic E-state index is 11.4. The number of hydrogen-bond acceptors (Lipinski definition) is 3. The topological polar surface area (TPSA) is 46.5 Å².